The number of aromatic carboxylic acids is 1. The van der Waals surface area contributed by atoms with Gasteiger partial charge in [0.1, 0.15) is 0 Å². The lowest BCUT2D eigenvalue weighted by molar-refractivity contribution is -0.141. The van der Waals surface area contributed by atoms with Crippen LogP contribution in [0, 0.1) is 5.92 Å². The molecular weight excluding hydrogens is 250 g/mol. The van der Waals surface area contributed by atoms with E-state index < -0.39 is 17.9 Å². The number of carboxylic acid groups (broad SMARTS) is 2. The van der Waals surface area contributed by atoms with Gasteiger partial charge < -0.3 is 15.1 Å². The number of carboxylic acids is 2. The van der Waals surface area contributed by atoms with Crippen molar-refractivity contribution in [2.24, 2.45) is 5.92 Å². The van der Waals surface area contributed by atoms with E-state index in [4.69, 9.17) is 10.2 Å². The predicted molar refractivity (Wildman–Crippen MR) is 64.6 cm³/mol. The molecule has 0 aliphatic carbocycles. The number of nitrogens with zero attached hydrogens (tertiary/aromatic N) is 1. The lowest BCUT2D eigenvalue weighted by Crippen LogP contribution is -2.25. The summed E-state index contributed by atoms with van der Waals surface area (Å²) in [5.41, 5.74) is 0.962. The highest BCUT2D eigenvalue weighted by molar-refractivity contribution is 5.87. The van der Waals surface area contributed by atoms with Gasteiger partial charge in [-0.25, -0.2) is 4.79 Å². The molecule has 1 saturated heterocycles. The largest absolute Gasteiger partial charge is 0.481 e. The quantitative estimate of drug-likeness (QED) is 0.838. The molecule has 0 bridgehead atoms. The Kier molecular flexibility index (Phi) is 3.50. The predicted octanol–water partition coefficient (Wildman–Crippen LogP) is 0.818. The van der Waals surface area contributed by atoms with Gasteiger partial charge in [-0.2, -0.15) is 0 Å². The maximum Gasteiger partial charge on any atom is 0.335 e. The van der Waals surface area contributed by atoms with Gasteiger partial charge in [-0.15, -0.1) is 0 Å². The second-order valence-electron chi connectivity index (χ2n) is 4.52. The third kappa shape index (κ3) is 2.90. The van der Waals surface area contributed by atoms with Gasteiger partial charge in [0.25, 0.3) is 0 Å². The van der Waals surface area contributed by atoms with Gasteiger partial charge in [-0.1, -0.05) is 12.1 Å². The zero-order chi connectivity index (χ0) is 14.0. The van der Waals surface area contributed by atoms with Gasteiger partial charge in [-0.3, -0.25) is 9.59 Å². The number of hydrogen-bond acceptors (Lipinski definition) is 3. The Labute approximate surface area is 109 Å². The fourth-order valence-electron chi connectivity index (χ4n) is 2.06. The van der Waals surface area contributed by atoms with Crippen LogP contribution in [0.1, 0.15) is 22.3 Å². The Morgan fingerprint density at radius 3 is 2.32 bits per heavy atom. The van der Waals surface area contributed by atoms with Gasteiger partial charge in [0, 0.05) is 19.5 Å². The van der Waals surface area contributed by atoms with Crippen molar-refractivity contribution in [3.63, 3.8) is 0 Å². The van der Waals surface area contributed by atoms with Crippen molar-refractivity contribution in [1.29, 1.82) is 0 Å². The molecule has 2 rings (SSSR count). The molecule has 6 nitrogen and oxygen atoms in total. The summed E-state index contributed by atoms with van der Waals surface area (Å²) in [7, 11) is 0. The summed E-state index contributed by atoms with van der Waals surface area (Å²) < 4.78 is 0. The minimum absolute atomic E-state index is 0.0303. The summed E-state index contributed by atoms with van der Waals surface area (Å²) >= 11 is 0. The second kappa shape index (κ2) is 5.09. The van der Waals surface area contributed by atoms with Crippen molar-refractivity contribution >= 4 is 17.8 Å². The number of hydrogen-bond donors (Lipinski definition) is 2. The number of carbonyl (C=O) groups excluding carboxylic acids is 1. The fraction of sp³-hybridized carbons (Fsp3) is 0.308. The van der Waals surface area contributed by atoms with Crippen LogP contribution in [0.25, 0.3) is 0 Å². The number of likely N-dealkylation sites (tertiary alicyclic amines) is 1. The highest BCUT2D eigenvalue weighted by atomic mass is 16.4. The summed E-state index contributed by atoms with van der Waals surface area (Å²) in [5, 5.41) is 17.6. The van der Waals surface area contributed by atoms with Crippen molar-refractivity contribution in [3.8, 4) is 0 Å². The summed E-state index contributed by atoms with van der Waals surface area (Å²) in [6.45, 7) is 0.511. The smallest absolute Gasteiger partial charge is 0.335 e. The highest BCUT2D eigenvalue weighted by Gasteiger charge is 2.33. The second-order valence-corrected chi connectivity index (χ2v) is 4.52. The Balaban J connectivity index is 2.03. The van der Waals surface area contributed by atoms with Gasteiger partial charge in [0.05, 0.1) is 11.5 Å². The molecule has 1 aliphatic rings. The molecule has 19 heavy (non-hydrogen) atoms. The van der Waals surface area contributed by atoms with Crippen LogP contribution in [-0.4, -0.2) is 39.5 Å². The third-order valence-corrected chi connectivity index (χ3v) is 3.14. The first kappa shape index (κ1) is 13.1. The molecule has 1 heterocycles. The van der Waals surface area contributed by atoms with Crippen LogP contribution in [0.2, 0.25) is 0 Å². The SMILES string of the molecule is O=C(O)c1ccc(CN2C[C@@H](C(=O)O)CC2=O)cc1. The zero-order valence-corrected chi connectivity index (χ0v) is 10.1. The van der Waals surface area contributed by atoms with Crippen molar-refractivity contribution in [2.45, 2.75) is 13.0 Å². The molecule has 0 radical (unpaired) electrons. The summed E-state index contributed by atoms with van der Waals surface area (Å²) in [5.74, 6) is -2.80. The Morgan fingerprint density at radius 2 is 1.84 bits per heavy atom. The van der Waals surface area contributed by atoms with Crippen molar-refractivity contribution < 1.29 is 24.6 Å². The first-order chi connectivity index (χ1) is 8.97. The molecule has 1 aliphatic heterocycles. The van der Waals surface area contributed by atoms with Crippen LogP contribution in [0.15, 0.2) is 24.3 Å². The maximum atomic E-state index is 11.6. The van der Waals surface area contributed by atoms with E-state index in [1.54, 1.807) is 12.1 Å². The minimum atomic E-state index is -1.00. The molecule has 0 unspecified atom stereocenters. The van der Waals surface area contributed by atoms with Crippen LogP contribution in [0.5, 0.6) is 0 Å². The molecule has 1 fully saturated rings. The fourth-order valence-corrected chi connectivity index (χ4v) is 2.06. The monoisotopic (exact) mass is 263 g/mol. The van der Waals surface area contributed by atoms with Crippen molar-refractivity contribution in [3.05, 3.63) is 35.4 Å². The van der Waals surface area contributed by atoms with Gasteiger partial charge >= 0.3 is 11.9 Å². The zero-order valence-electron chi connectivity index (χ0n) is 10.1. The number of carbonyl (C=O) groups is 3. The van der Waals surface area contributed by atoms with E-state index >= 15 is 0 Å². The molecular formula is C13H13NO5. The van der Waals surface area contributed by atoms with E-state index in [0.29, 0.717) is 6.54 Å². The van der Waals surface area contributed by atoms with Crippen LogP contribution < -0.4 is 0 Å². The minimum Gasteiger partial charge on any atom is -0.481 e. The lowest BCUT2D eigenvalue weighted by atomic mass is 10.1. The van der Waals surface area contributed by atoms with E-state index in [9.17, 15) is 14.4 Å². The van der Waals surface area contributed by atoms with Gasteiger partial charge in [0.15, 0.2) is 0 Å². The van der Waals surface area contributed by atoms with Crippen LogP contribution in [0.3, 0.4) is 0 Å². The normalized spacial score (nSPS) is 18.6. The topological polar surface area (TPSA) is 94.9 Å². The number of aliphatic carboxylic acids is 1. The molecule has 1 atom stereocenters. The Morgan fingerprint density at radius 1 is 1.21 bits per heavy atom. The van der Waals surface area contributed by atoms with Gasteiger partial charge in [0.2, 0.25) is 5.91 Å². The molecule has 6 heteroatoms. The van der Waals surface area contributed by atoms with E-state index in [0.717, 1.165) is 5.56 Å². The third-order valence-electron chi connectivity index (χ3n) is 3.14. The first-order valence-corrected chi connectivity index (χ1v) is 5.80. The number of rotatable bonds is 4. The Bertz CT molecular complexity index is 522. The van der Waals surface area contributed by atoms with E-state index in [-0.39, 0.29) is 24.4 Å². The van der Waals surface area contributed by atoms with E-state index in [2.05, 4.69) is 0 Å². The van der Waals surface area contributed by atoms with Crippen LogP contribution >= 0.6 is 0 Å². The maximum absolute atomic E-state index is 11.6. The van der Waals surface area contributed by atoms with Crippen molar-refractivity contribution in [2.75, 3.05) is 6.54 Å². The molecule has 1 aromatic carbocycles. The van der Waals surface area contributed by atoms with Crippen molar-refractivity contribution in [1.82, 2.24) is 4.90 Å². The summed E-state index contributed by atoms with van der Waals surface area (Å²) in [6, 6.07) is 6.19. The molecule has 0 saturated carbocycles. The summed E-state index contributed by atoms with van der Waals surface area (Å²) in [4.78, 5) is 34.6. The van der Waals surface area contributed by atoms with Crippen LogP contribution in [0.4, 0.5) is 0 Å². The first-order valence-electron chi connectivity index (χ1n) is 5.80. The molecule has 1 aromatic rings. The van der Waals surface area contributed by atoms with Crippen LogP contribution in [-0.2, 0) is 16.1 Å². The average Bonchev–Trinajstić information content (AvgIpc) is 2.72. The Hall–Kier alpha value is -2.37. The van der Waals surface area contributed by atoms with E-state index in [1.165, 1.54) is 17.0 Å². The average molecular weight is 263 g/mol. The molecule has 100 valence electrons. The van der Waals surface area contributed by atoms with E-state index in [1.807, 2.05) is 0 Å². The molecule has 0 aromatic heterocycles. The molecule has 1 amide bonds. The molecule has 2 N–H and O–H groups in total. The van der Waals surface area contributed by atoms with Gasteiger partial charge in [-0.05, 0) is 17.7 Å². The highest BCUT2D eigenvalue weighted by Crippen LogP contribution is 2.20. The number of amides is 1. The molecule has 0 spiro atoms. The lowest BCUT2D eigenvalue weighted by Gasteiger charge is -2.16. The standard InChI is InChI=1S/C13H13NO5/c15-11-5-10(13(18)19)7-14(11)6-8-1-3-9(4-2-8)12(16)17/h1-4,10H,5-7H2,(H,16,17)(H,18,19)/t10-/m0/s1. The number of benzene rings is 1. The summed E-state index contributed by atoms with van der Waals surface area (Å²) in [6.07, 6.45) is 0.0303.